The first-order valence-electron chi connectivity index (χ1n) is 10.4. The fourth-order valence-corrected chi connectivity index (χ4v) is 4.90. The molecule has 34 heavy (non-hydrogen) atoms. The van der Waals surface area contributed by atoms with E-state index in [2.05, 4.69) is 15.6 Å². The number of methoxy groups -OCH3 is 2. The highest BCUT2D eigenvalue weighted by atomic mass is 32.2. The van der Waals surface area contributed by atoms with Crippen molar-refractivity contribution in [2.24, 2.45) is 0 Å². The molecular formula is C25H23N3O4S2. The van der Waals surface area contributed by atoms with Crippen molar-refractivity contribution in [1.29, 1.82) is 0 Å². The Kier molecular flexibility index (Phi) is 7.34. The van der Waals surface area contributed by atoms with Crippen LogP contribution in [0.5, 0.6) is 11.5 Å². The van der Waals surface area contributed by atoms with Crippen LogP contribution in [0.4, 0.5) is 10.8 Å². The zero-order valence-corrected chi connectivity index (χ0v) is 20.5. The highest BCUT2D eigenvalue weighted by Gasteiger charge is 2.17. The average molecular weight is 494 g/mol. The van der Waals surface area contributed by atoms with Gasteiger partial charge in [-0.1, -0.05) is 17.4 Å². The molecule has 4 aromatic rings. The SMILES string of the molecule is COc1cccc(C(=O)Nc2ccc(SC(C)C(=O)Nc3nc4ccc(OC)cc4s3)cc2)c1. The van der Waals surface area contributed by atoms with Gasteiger partial charge in [0.05, 0.1) is 29.7 Å². The maximum atomic E-state index is 12.7. The van der Waals surface area contributed by atoms with Crippen molar-refractivity contribution in [3.05, 3.63) is 72.3 Å². The fourth-order valence-electron chi connectivity index (χ4n) is 3.13. The average Bonchev–Trinajstić information content (AvgIpc) is 3.26. The van der Waals surface area contributed by atoms with Gasteiger partial charge in [0.25, 0.3) is 5.91 Å². The molecule has 1 aromatic heterocycles. The first-order chi connectivity index (χ1) is 16.4. The van der Waals surface area contributed by atoms with Crippen LogP contribution in [0, 0.1) is 0 Å². The van der Waals surface area contributed by atoms with Crippen LogP contribution in [-0.4, -0.2) is 36.3 Å². The van der Waals surface area contributed by atoms with E-state index in [0.29, 0.717) is 22.1 Å². The summed E-state index contributed by atoms with van der Waals surface area (Å²) in [5.74, 6) is 1.02. The number of carbonyl (C=O) groups is 2. The van der Waals surface area contributed by atoms with E-state index in [9.17, 15) is 9.59 Å². The van der Waals surface area contributed by atoms with Crippen molar-refractivity contribution in [3.63, 3.8) is 0 Å². The minimum Gasteiger partial charge on any atom is -0.497 e. The molecule has 0 aliphatic heterocycles. The third-order valence-corrected chi connectivity index (χ3v) is 7.00. The molecule has 1 unspecified atom stereocenters. The Balaban J connectivity index is 1.34. The topological polar surface area (TPSA) is 89.5 Å². The number of carbonyl (C=O) groups excluding carboxylic acids is 2. The van der Waals surface area contributed by atoms with Gasteiger partial charge in [-0.25, -0.2) is 4.98 Å². The standard InChI is InChI=1S/C25H23N3O4S2/c1-15(23(29)28-25-27-21-12-9-19(32-3)14-22(21)34-25)33-20-10-7-17(8-11-20)26-24(30)16-5-4-6-18(13-16)31-2/h4-15H,1-3H3,(H,26,30)(H,27,28,29). The zero-order chi connectivity index (χ0) is 24.1. The molecule has 3 aromatic carbocycles. The van der Waals surface area contributed by atoms with Crippen LogP contribution in [0.15, 0.2) is 71.6 Å². The van der Waals surface area contributed by atoms with E-state index in [-0.39, 0.29) is 17.1 Å². The Morgan fingerprint density at radius 1 is 0.941 bits per heavy atom. The van der Waals surface area contributed by atoms with Gasteiger partial charge in [0.1, 0.15) is 11.5 Å². The summed E-state index contributed by atoms with van der Waals surface area (Å²) < 4.78 is 11.4. The van der Waals surface area contributed by atoms with Crippen molar-refractivity contribution in [1.82, 2.24) is 4.98 Å². The third-order valence-electron chi connectivity index (χ3n) is 4.95. The largest absolute Gasteiger partial charge is 0.497 e. The van der Waals surface area contributed by atoms with Crippen LogP contribution in [0.3, 0.4) is 0 Å². The molecule has 174 valence electrons. The van der Waals surface area contributed by atoms with E-state index in [4.69, 9.17) is 9.47 Å². The summed E-state index contributed by atoms with van der Waals surface area (Å²) in [4.78, 5) is 30.5. The molecule has 9 heteroatoms. The molecule has 7 nitrogen and oxygen atoms in total. The maximum absolute atomic E-state index is 12.7. The van der Waals surface area contributed by atoms with Crippen molar-refractivity contribution in [3.8, 4) is 11.5 Å². The zero-order valence-electron chi connectivity index (χ0n) is 18.8. The van der Waals surface area contributed by atoms with E-state index >= 15 is 0 Å². The highest BCUT2D eigenvalue weighted by Crippen LogP contribution is 2.30. The number of thiazole rings is 1. The van der Waals surface area contributed by atoms with Gasteiger partial charge in [-0.2, -0.15) is 0 Å². The molecule has 4 rings (SSSR count). The predicted octanol–water partition coefficient (Wildman–Crippen LogP) is 5.69. The molecule has 0 fully saturated rings. The molecule has 0 aliphatic carbocycles. The molecule has 0 saturated carbocycles. The lowest BCUT2D eigenvalue weighted by Crippen LogP contribution is -2.22. The predicted molar refractivity (Wildman–Crippen MR) is 138 cm³/mol. The van der Waals surface area contributed by atoms with Gasteiger partial charge < -0.3 is 20.1 Å². The van der Waals surface area contributed by atoms with E-state index < -0.39 is 0 Å². The third kappa shape index (κ3) is 5.67. The number of fused-ring (bicyclic) bond motifs is 1. The normalized spacial score (nSPS) is 11.6. The Bertz CT molecular complexity index is 1320. The van der Waals surface area contributed by atoms with Gasteiger partial charge in [0, 0.05) is 16.1 Å². The number of thioether (sulfide) groups is 1. The molecule has 1 atom stereocenters. The number of hydrogen-bond donors (Lipinski definition) is 2. The first kappa shape index (κ1) is 23.6. The van der Waals surface area contributed by atoms with Crippen LogP contribution in [0.25, 0.3) is 10.2 Å². The summed E-state index contributed by atoms with van der Waals surface area (Å²) in [6, 6.07) is 19.9. The van der Waals surface area contributed by atoms with Crippen molar-refractivity contribution >= 4 is 55.9 Å². The van der Waals surface area contributed by atoms with E-state index in [1.54, 1.807) is 38.5 Å². The minimum atomic E-state index is -0.334. The number of nitrogens with one attached hydrogen (secondary N) is 2. The van der Waals surface area contributed by atoms with Gasteiger partial charge in [0.15, 0.2) is 5.13 Å². The number of nitrogens with zero attached hydrogens (tertiary/aromatic N) is 1. The van der Waals surface area contributed by atoms with Gasteiger partial charge in [-0.3, -0.25) is 9.59 Å². The monoisotopic (exact) mass is 493 g/mol. The van der Waals surface area contributed by atoms with Crippen LogP contribution < -0.4 is 20.1 Å². The highest BCUT2D eigenvalue weighted by molar-refractivity contribution is 8.00. The number of ether oxygens (including phenoxy) is 2. The molecule has 0 bridgehead atoms. The van der Waals surface area contributed by atoms with Gasteiger partial charge in [-0.05, 0) is 67.6 Å². The molecule has 2 N–H and O–H groups in total. The Morgan fingerprint density at radius 3 is 2.41 bits per heavy atom. The van der Waals surface area contributed by atoms with Gasteiger partial charge in [0.2, 0.25) is 5.91 Å². The molecular weight excluding hydrogens is 470 g/mol. The molecule has 2 amide bonds. The second-order valence-corrected chi connectivity index (χ2v) is 9.76. The van der Waals surface area contributed by atoms with Crippen LogP contribution in [0.2, 0.25) is 0 Å². The smallest absolute Gasteiger partial charge is 0.255 e. The number of anilines is 2. The van der Waals surface area contributed by atoms with E-state index in [1.165, 1.54) is 23.1 Å². The van der Waals surface area contributed by atoms with Crippen LogP contribution in [-0.2, 0) is 4.79 Å². The van der Waals surface area contributed by atoms with Crippen LogP contribution >= 0.6 is 23.1 Å². The van der Waals surface area contributed by atoms with Crippen molar-refractivity contribution < 1.29 is 19.1 Å². The van der Waals surface area contributed by atoms with E-state index in [1.807, 2.05) is 49.4 Å². The number of aromatic nitrogens is 1. The number of rotatable bonds is 8. The van der Waals surface area contributed by atoms with E-state index in [0.717, 1.165) is 20.9 Å². The Morgan fingerprint density at radius 2 is 1.68 bits per heavy atom. The lowest BCUT2D eigenvalue weighted by atomic mass is 10.2. The van der Waals surface area contributed by atoms with Crippen molar-refractivity contribution in [2.45, 2.75) is 17.1 Å². The lowest BCUT2D eigenvalue weighted by molar-refractivity contribution is -0.115. The first-order valence-corrected chi connectivity index (χ1v) is 12.1. The molecule has 1 heterocycles. The summed E-state index contributed by atoms with van der Waals surface area (Å²) in [7, 11) is 3.18. The minimum absolute atomic E-state index is 0.133. The molecule has 0 spiro atoms. The maximum Gasteiger partial charge on any atom is 0.255 e. The van der Waals surface area contributed by atoms with Gasteiger partial charge in [-0.15, -0.1) is 11.8 Å². The molecule has 0 radical (unpaired) electrons. The second kappa shape index (κ2) is 10.6. The summed E-state index contributed by atoms with van der Waals surface area (Å²) in [6.07, 6.45) is 0. The molecule has 0 aliphatic rings. The number of hydrogen-bond acceptors (Lipinski definition) is 7. The number of amides is 2. The van der Waals surface area contributed by atoms with Crippen molar-refractivity contribution in [2.75, 3.05) is 24.9 Å². The lowest BCUT2D eigenvalue weighted by Gasteiger charge is -2.11. The Hall–Kier alpha value is -3.56. The van der Waals surface area contributed by atoms with Crippen LogP contribution in [0.1, 0.15) is 17.3 Å². The quantitative estimate of drug-likeness (QED) is 0.307. The fraction of sp³-hybridized carbons (Fsp3) is 0.160. The van der Waals surface area contributed by atoms with Gasteiger partial charge >= 0.3 is 0 Å². The summed E-state index contributed by atoms with van der Waals surface area (Å²) in [6.45, 7) is 1.84. The summed E-state index contributed by atoms with van der Waals surface area (Å²) in [5.41, 5.74) is 1.99. The number of benzene rings is 3. The molecule has 0 saturated heterocycles. The summed E-state index contributed by atoms with van der Waals surface area (Å²) >= 11 is 2.83. The Labute approximate surface area is 205 Å². The second-order valence-electron chi connectivity index (χ2n) is 7.31. The summed E-state index contributed by atoms with van der Waals surface area (Å²) in [5, 5.41) is 5.98.